The predicted molar refractivity (Wildman–Crippen MR) is 75.8 cm³/mol. The summed E-state index contributed by atoms with van der Waals surface area (Å²) >= 11 is 0. The number of aromatic nitrogens is 1. The van der Waals surface area contributed by atoms with Crippen LogP contribution in [0.15, 0.2) is 42.6 Å². The molecule has 1 heterocycles. The van der Waals surface area contributed by atoms with E-state index >= 15 is 0 Å². The van der Waals surface area contributed by atoms with Crippen LogP contribution in [-0.2, 0) is 6.42 Å². The van der Waals surface area contributed by atoms with E-state index in [-0.39, 0.29) is 5.84 Å². The molecule has 4 nitrogen and oxygen atoms in total. The lowest BCUT2D eigenvalue weighted by Gasteiger charge is -2.06. The lowest BCUT2D eigenvalue weighted by molar-refractivity contribution is 0.480. The number of pyridine rings is 1. The Morgan fingerprint density at radius 1 is 1.16 bits per heavy atom. The Bertz CT molecular complexity index is 547. The van der Waals surface area contributed by atoms with Crippen LogP contribution in [0.2, 0.25) is 0 Å². The Morgan fingerprint density at radius 3 is 2.37 bits per heavy atom. The molecule has 4 heteroatoms. The van der Waals surface area contributed by atoms with Crippen molar-refractivity contribution in [3.05, 3.63) is 53.9 Å². The number of nitrogens with two attached hydrogens (primary N) is 1. The average molecular weight is 255 g/mol. The summed E-state index contributed by atoms with van der Waals surface area (Å²) in [6.45, 7) is 2.16. The van der Waals surface area contributed by atoms with Gasteiger partial charge in [0.1, 0.15) is 23.0 Å². The number of amidine groups is 1. The van der Waals surface area contributed by atoms with Crippen LogP contribution >= 0.6 is 0 Å². The fourth-order valence-electron chi connectivity index (χ4n) is 1.75. The summed E-state index contributed by atoms with van der Waals surface area (Å²) in [4.78, 5) is 4.05. The van der Waals surface area contributed by atoms with Crippen LogP contribution in [0, 0.1) is 5.41 Å². The summed E-state index contributed by atoms with van der Waals surface area (Å²) in [5, 5.41) is 7.26. The molecular weight excluding hydrogens is 238 g/mol. The SMILES string of the molecule is CCCc1ccc(Oc2ccc(C(=N)N)nc2)cc1. The van der Waals surface area contributed by atoms with E-state index in [4.69, 9.17) is 15.9 Å². The first kappa shape index (κ1) is 13.1. The predicted octanol–water partition coefficient (Wildman–Crippen LogP) is 3.11. The van der Waals surface area contributed by atoms with E-state index in [1.165, 1.54) is 5.56 Å². The van der Waals surface area contributed by atoms with E-state index in [1.807, 2.05) is 12.1 Å². The zero-order valence-electron chi connectivity index (χ0n) is 10.9. The van der Waals surface area contributed by atoms with Gasteiger partial charge in [-0.15, -0.1) is 0 Å². The van der Waals surface area contributed by atoms with Crippen molar-refractivity contribution in [3.63, 3.8) is 0 Å². The molecule has 0 atom stereocenters. The highest BCUT2D eigenvalue weighted by atomic mass is 16.5. The molecule has 1 aromatic carbocycles. The van der Waals surface area contributed by atoms with E-state index in [0.29, 0.717) is 11.4 Å². The molecule has 0 aliphatic heterocycles. The van der Waals surface area contributed by atoms with Gasteiger partial charge < -0.3 is 10.5 Å². The second-order valence-corrected chi connectivity index (χ2v) is 4.29. The van der Waals surface area contributed by atoms with Crippen LogP contribution in [0.25, 0.3) is 0 Å². The topological polar surface area (TPSA) is 72.0 Å². The van der Waals surface area contributed by atoms with E-state index in [0.717, 1.165) is 18.6 Å². The first-order valence-corrected chi connectivity index (χ1v) is 6.26. The number of nitrogens with one attached hydrogen (secondary N) is 1. The highest BCUT2D eigenvalue weighted by molar-refractivity contribution is 5.92. The molecule has 2 rings (SSSR count). The molecule has 1 aromatic heterocycles. The Kier molecular flexibility index (Phi) is 4.13. The van der Waals surface area contributed by atoms with Crippen molar-refractivity contribution < 1.29 is 4.74 Å². The van der Waals surface area contributed by atoms with Crippen molar-refractivity contribution in [1.82, 2.24) is 4.98 Å². The molecular formula is C15H17N3O. The fraction of sp³-hybridized carbons (Fsp3) is 0.200. The lowest BCUT2D eigenvalue weighted by Crippen LogP contribution is -2.12. The van der Waals surface area contributed by atoms with Gasteiger partial charge in [0.2, 0.25) is 0 Å². The maximum atomic E-state index is 7.26. The van der Waals surface area contributed by atoms with Gasteiger partial charge in [0, 0.05) is 0 Å². The van der Waals surface area contributed by atoms with E-state index in [9.17, 15) is 0 Å². The second-order valence-electron chi connectivity index (χ2n) is 4.29. The molecule has 0 amide bonds. The monoisotopic (exact) mass is 255 g/mol. The minimum Gasteiger partial charge on any atom is -0.456 e. The van der Waals surface area contributed by atoms with Gasteiger partial charge >= 0.3 is 0 Å². The Hall–Kier alpha value is -2.36. The van der Waals surface area contributed by atoms with Crippen molar-refractivity contribution in [1.29, 1.82) is 5.41 Å². The van der Waals surface area contributed by atoms with Gasteiger partial charge in [-0.1, -0.05) is 25.5 Å². The number of hydrogen-bond acceptors (Lipinski definition) is 3. The van der Waals surface area contributed by atoms with E-state index in [1.54, 1.807) is 18.3 Å². The number of nitrogen functional groups attached to an aromatic ring is 1. The molecule has 0 spiro atoms. The molecule has 0 unspecified atom stereocenters. The highest BCUT2D eigenvalue weighted by Crippen LogP contribution is 2.21. The molecule has 0 fully saturated rings. The number of ether oxygens (including phenoxy) is 1. The van der Waals surface area contributed by atoms with Gasteiger partial charge in [0.25, 0.3) is 0 Å². The molecule has 0 aliphatic carbocycles. The van der Waals surface area contributed by atoms with Crippen molar-refractivity contribution in [2.45, 2.75) is 19.8 Å². The van der Waals surface area contributed by atoms with Crippen LogP contribution in [0.3, 0.4) is 0 Å². The standard InChI is InChI=1S/C15H17N3O/c1-2-3-11-4-6-12(7-5-11)19-13-8-9-14(15(16)17)18-10-13/h4-10H,2-3H2,1H3,(H3,16,17). The number of nitrogens with zero attached hydrogens (tertiary/aromatic N) is 1. The maximum absolute atomic E-state index is 7.26. The molecule has 19 heavy (non-hydrogen) atoms. The highest BCUT2D eigenvalue weighted by Gasteiger charge is 2.01. The molecule has 0 radical (unpaired) electrons. The maximum Gasteiger partial charge on any atom is 0.145 e. The van der Waals surface area contributed by atoms with Gasteiger partial charge in [0.05, 0.1) is 6.20 Å². The Balaban J connectivity index is 2.06. The summed E-state index contributed by atoms with van der Waals surface area (Å²) in [7, 11) is 0. The van der Waals surface area contributed by atoms with Gasteiger partial charge in [-0.3, -0.25) is 5.41 Å². The number of benzene rings is 1. The molecule has 0 aliphatic rings. The number of aryl methyl sites for hydroxylation is 1. The average Bonchev–Trinajstić information content (AvgIpc) is 2.42. The largest absolute Gasteiger partial charge is 0.456 e. The zero-order valence-corrected chi connectivity index (χ0v) is 10.9. The Labute approximate surface area is 112 Å². The fourth-order valence-corrected chi connectivity index (χ4v) is 1.75. The Morgan fingerprint density at radius 2 is 1.84 bits per heavy atom. The molecule has 3 N–H and O–H groups in total. The quantitative estimate of drug-likeness (QED) is 0.637. The lowest BCUT2D eigenvalue weighted by atomic mass is 10.1. The first-order valence-electron chi connectivity index (χ1n) is 6.26. The zero-order chi connectivity index (χ0) is 13.7. The van der Waals surface area contributed by atoms with Crippen LogP contribution in [-0.4, -0.2) is 10.8 Å². The summed E-state index contributed by atoms with van der Waals surface area (Å²) in [5.74, 6) is 1.36. The minimum absolute atomic E-state index is 0.0459. The van der Waals surface area contributed by atoms with Gasteiger partial charge in [0.15, 0.2) is 0 Å². The molecule has 98 valence electrons. The summed E-state index contributed by atoms with van der Waals surface area (Å²) < 4.78 is 5.67. The van der Waals surface area contributed by atoms with Gasteiger partial charge in [-0.25, -0.2) is 4.98 Å². The first-order chi connectivity index (χ1) is 9.19. The van der Waals surface area contributed by atoms with Crippen molar-refractivity contribution >= 4 is 5.84 Å². The normalized spacial score (nSPS) is 10.2. The smallest absolute Gasteiger partial charge is 0.145 e. The summed E-state index contributed by atoms with van der Waals surface area (Å²) in [5.41, 5.74) is 7.10. The molecule has 0 bridgehead atoms. The van der Waals surface area contributed by atoms with E-state index in [2.05, 4.69) is 24.0 Å². The summed E-state index contributed by atoms with van der Waals surface area (Å²) in [6.07, 6.45) is 3.78. The molecule has 0 saturated carbocycles. The number of rotatable bonds is 5. The van der Waals surface area contributed by atoms with Crippen molar-refractivity contribution in [2.75, 3.05) is 0 Å². The van der Waals surface area contributed by atoms with Crippen molar-refractivity contribution in [2.24, 2.45) is 5.73 Å². The van der Waals surface area contributed by atoms with Crippen LogP contribution in [0.4, 0.5) is 0 Å². The third-order valence-electron chi connectivity index (χ3n) is 2.71. The van der Waals surface area contributed by atoms with E-state index < -0.39 is 0 Å². The van der Waals surface area contributed by atoms with Gasteiger partial charge in [-0.05, 0) is 36.2 Å². The van der Waals surface area contributed by atoms with Crippen LogP contribution in [0.5, 0.6) is 11.5 Å². The van der Waals surface area contributed by atoms with Crippen molar-refractivity contribution in [3.8, 4) is 11.5 Å². The minimum atomic E-state index is -0.0459. The van der Waals surface area contributed by atoms with Crippen LogP contribution < -0.4 is 10.5 Å². The third kappa shape index (κ3) is 3.55. The number of hydrogen-bond donors (Lipinski definition) is 2. The second kappa shape index (κ2) is 6.00. The van der Waals surface area contributed by atoms with Crippen LogP contribution in [0.1, 0.15) is 24.6 Å². The third-order valence-corrected chi connectivity index (χ3v) is 2.71. The van der Waals surface area contributed by atoms with Gasteiger partial charge in [-0.2, -0.15) is 0 Å². The molecule has 0 saturated heterocycles. The molecule has 2 aromatic rings. The summed E-state index contributed by atoms with van der Waals surface area (Å²) in [6, 6.07) is 11.5.